The van der Waals surface area contributed by atoms with E-state index in [4.69, 9.17) is 4.74 Å². The minimum atomic E-state index is -0.476. The van der Waals surface area contributed by atoms with Crippen molar-refractivity contribution in [2.24, 2.45) is 0 Å². The van der Waals surface area contributed by atoms with E-state index in [2.05, 4.69) is 21.2 Å². The lowest BCUT2D eigenvalue weighted by Crippen LogP contribution is -2.18. The van der Waals surface area contributed by atoms with Crippen LogP contribution in [0.1, 0.15) is 25.5 Å². The molecule has 0 aliphatic rings. The van der Waals surface area contributed by atoms with Gasteiger partial charge in [-0.2, -0.15) is 0 Å². The summed E-state index contributed by atoms with van der Waals surface area (Å²) in [6.07, 6.45) is 0. The lowest BCUT2D eigenvalue weighted by atomic mass is 10.1. The summed E-state index contributed by atoms with van der Waals surface area (Å²) in [5.74, 6) is -0.282. The maximum absolute atomic E-state index is 13.9. The fourth-order valence-electron chi connectivity index (χ4n) is 2.04. The molecule has 2 rings (SSSR count). The second-order valence-electron chi connectivity index (χ2n) is 4.64. The van der Waals surface area contributed by atoms with Crippen molar-refractivity contribution in [1.29, 1.82) is 0 Å². The molecule has 0 radical (unpaired) electrons. The molecular formula is C16H16BrF2NO. The van der Waals surface area contributed by atoms with E-state index in [-0.39, 0.29) is 17.6 Å². The standard InChI is InChI=1S/C16H16BrF2NO/c1-3-20-10(2)13-9-12(18)5-7-15(13)21-16-6-4-11(17)8-14(16)19/h4-10,20H,3H2,1-2H3. The Balaban J connectivity index is 2.34. The van der Waals surface area contributed by atoms with Crippen LogP contribution >= 0.6 is 15.9 Å². The molecule has 0 spiro atoms. The number of benzene rings is 2. The Morgan fingerprint density at radius 1 is 1.14 bits per heavy atom. The molecule has 2 aromatic carbocycles. The Hall–Kier alpha value is -1.46. The van der Waals surface area contributed by atoms with Crippen LogP contribution in [0.5, 0.6) is 11.5 Å². The molecule has 112 valence electrons. The summed E-state index contributed by atoms with van der Waals surface area (Å²) in [6.45, 7) is 4.61. The molecule has 2 nitrogen and oxygen atoms in total. The zero-order valence-corrected chi connectivity index (χ0v) is 13.4. The minimum Gasteiger partial charge on any atom is -0.454 e. The maximum Gasteiger partial charge on any atom is 0.166 e. The van der Waals surface area contributed by atoms with Gasteiger partial charge in [-0.1, -0.05) is 22.9 Å². The van der Waals surface area contributed by atoms with Crippen molar-refractivity contribution in [3.05, 3.63) is 58.1 Å². The predicted octanol–water partition coefficient (Wildman–Crippen LogP) is 5.19. The van der Waals surface area contributed by atoms with Crippen LogP contribution in [0.25, 0.3) is 0 Å². The molecule has 1 atom stereocenters. The molecule has 0 saturated heterocycles. The number of hydrogen-bond acceptors (Lipinski definition) is 2. The molecule has 0 aliphatic heterocycles. The van der Waals surface area contributed by atoms with E-state index in [0.29, 0.717) is 15.8 Å². The smallest absolute Gasteiger partial charge is 0.166 e. The first-order chi connectivity index (χ1) is 10.0. The Labute approximate surface area is 131 Å². The molecule has 2 aromatic rings. The monoisotopic (exact) mass is 355 g/mol. The fraction of sp³-hybridized carbons (Fsp3) is 0.250. The third-order valence-electron chi connectivity index (χ3n) is 3.06. The normalized spacial score (nSPS) is 12.2. The molecule has 0 fully saturated rings. The van der Waals surface area contributed by atoms with Crippen LogP contribution in [0.15, 0.2) is 40.9 Å². The first-order valence-electron chi connectivity index (χ1n) is 6.67. The van der Waals surface area contributed by atoms with Crippen molar-refractivity contribution in [1.82, 2.24) is 5.32 Å². The summed E-state index contributed by atoms with van der Waals surface area (Å²) >= 11 is 3.19. The van der Waals surface area contributed by atoms with Gasteiger partial charge in [0.05, 0.1) is 0 Å². The van der Waals surface area contributed by atoms with E-state index in [1.165, 1.54) is 30.3 Å². The molecule has 21 heavy (non-hydrogen) atoms. The summed E-state index contributed by atoms with van der Waals surface area (Å²) in [4.78, 5) is 0. The van der Waals surface area contributed by atoms with E-state index >= 15 is 0 Å². The van der Waals surface area contributed by atoms with Crippen molar-refractivity contribution in [3.63, 3.8) is 0 Å². The SMILES string of the molecule is CCNC(C)c1cc(F)ccc1Oc1ccc(Br)cc1F. The third kappa shape index (κ3) is 4.02. The molecule has 5 heteroatoms. The number of halogens is 3. The average molecular weight is 356 g/mol. The van der Waals surface area contributed by atoms with Gasteiger partial charge in [-0.3, -0.25) is 0 Å². The van der Waals surface area contributed by atoms with Crippen molar-refractivity contribution < 1.29 is 13.5 Å². The molecule has 1 N–H and O–H groups in total. The van der Waals surface area contributed by atoms with Crippen LogP contribution in [0.4, 0.5) is 8.78 Å². The Morgan fingerprint density at radius 2 is 1.86 bits per heavy atom. The van der Waals surface area contributed by atoms with Gasteiger partial charge in [0.2, 0.25) is 0 Å². The van der Waals surface area contributed by atoms with Crippen LogP contribution in [-0.4, -0.2) is 6.54 Å². The zero-order chi connectivity index (χ0) is 15.4. The van der Waals surface area contributed by atoms with Crippen LogP contribution < -0.4 is 10.1 Å². The lowest BCUT2D eigenvalue weighted by molar-refractivity contribution is 0.428. The number of rotatable bonds is 5. The number of hydrogen-bond donors (Lipinski definition) is 1. The van der Waals surface area contributed by atoms with Gasteiger partial charge in [0, 0.05) is 16.1 Å². The highest BCUT2D eigenvalue weighted by molar-refractivity contribution is 9.10. The second-order valence-corrected chi connectivity index (χ2v) is 5.55. The van der Waals surface area contributed by atoms with Gasteiger partial charge in [0.25, 0.3) is 0 Å². The van der Waals surface area contributed by atoms with Crippen LogP contribution in [0.2, 0.25) is 0 Å². The highest BCUT2D eigenvalue weighted by Crippen LogP contribution is 2.32. The summed E-state index contributed by atoms with van der Waals surface area (Å²) in [5, 5.41) is 3.19. The largest absolute Gasteiger partial charge is 0.454 e. The van der Waals surface area contributed by atoms with E-state index in [1.807, 2.05) is 13.8 Å². The fourth-order valence-corrected chi connectivity index (χ4v) is 2.38. The van der Waals surface area contributed by atoms with Crippen LogP contribution in [0.3, 0.4) is 0 Å². The van der Waals surface area contributed by atoms with Gasteiger partial charge in [0.15, 0.2) is 11.6 Å². The molecule has 0 heterocycles. The Bertz CT molecular complexity index is 634. The summed E-state index contributed by atoms with van der Waals surface area (Å²) in [6, 6.07) is 8.67. The van der Waals surface area contributed by atoms with Gasteiger partial charge < -0.3 is 10.1 Å². The minimum absolute atomic E-state index is 0.0980. The van der Waals surface area contributed by atoms with Crippen molar-refractivity contribution in [2.75, 3.05) is 6.54 Å². The Morgan fingerprint density at radius 3 is 2.52 bits per heavy atom. The summed E-state index contributed by atoms with van der Waals surface area (Å²) < 4.78 is 33.6. The zero-order valence-electron chi connectivity index (χ0n) is 11.8. The van der Waals surface area contributed by atoms with Gasteiger partial charge in [0.1, 0.15) is 11.6 Å². The van der Waals surface area contributed by atoms with Crippen LogP contribution in [0, 0.1) is 11.6 Å². The Kier molecular flexibility index (Phi) is 5.31. The maximum atomic E-state index is 13.9. The molecule has 0 aromatic heterocycles. The van der Waals surface area contributed by atoms with E-state index in [0.717, 1.165) is 6.54 Å². The molecule has 0 saturated carbocycles. The highest BCUT2D eigenvalue weighted by atomic mass is 79.9. The first-order valence-corrected chi connectivity index (χ1v) is 7.46. The number of nitrogens with one attached hydrogen (secondary N) is 1. The highest BCUT2D eigenvalue weighted by Gasteiger charge is 2.14. The average Bonchev–Trinajstić information content (AvgIpc) is 2.43. The topological polar surface area (TPSA) is 21.3 Å². The molecule has 1 unspecified atom stereocenters. The van der Waals surface area contributed by atoms with E-state index in [1.54, 1.807) is 6.07 Å². The third-order valence-corrected chi connectivity index (χ3v) is 3.56. The molecule has 0 aliphatic carbocycles. The summed E-state index contributed by atoms with van der Waals surface area (Å²) in [5.41, 5.74) is 0.652. The van der Waals surface area contributed by atoms with Crippen molar-refractivity contribution >= 4 is 15.9 Å². The van der Waals surface area contributed by atoms with Crippen LogP contribution in [-0.2, 0) is 0 Å². The first kappa shape index (κ1) is 15.9. The second kappa shape index (κ2) is 7.00. The van der Waals surface area contributed by atoms with Gasteiger partial charge in [-0.05, 0) is 49.9 Å². The van der Waals surface area contributed by atoms with Crippen molar-refractivity contribution in [2.45, 2.75) is 19.9 Å². The number of ether oxygens (including phenoxy) is 1. The van der Waals surface area contributed by atoms with E-state index < -0.39 is 5.82 Å². The molecular weight excluding hydrogens is 340 g/mol. The predicted molar refractivity (Wildman–Crippen MR) is 82.7 cm³/mol. The van der Waals surface area contributed by atoms with Gasteiger partial charge in [-0.25, -0.2) is 8.78 Å². The lowest BCUT2D eigenvalue weighted by Gasteiger charge is -2.18. The summed E-state index contributed by atoms with van der Waals surface area (Å²) in [7, 11) is 0. The van der Waals surface area contributed by atoms with Crippen molar-refractivity contribution in [3.8, 4) is 11.5 Å². The molecule has 0 bridgehead atoms. The van der Waals surface area contributed by atoms with Gasteiger partial charge in [-0.15, -0.1) is 0 Å². The van der Waals surface area contributed by atoms with Gasteiger partial charge >= 0.3 is 0 Å². The molecule has 0 amide bonds. The quantitative estimate of drug-likeness (QED) is 0.796. The van der Waals surface area contributed by atoms with E-state index in [9.17, 15) is 8.78 Å².